The van der Waals surface area contributed by atoms with Crippen LogP contribution in [-0.4, -0.2) is 15.5 Å². The first kappa shape index (κ1) is 13.0. The minimum atomic E-state index is -0.741. The van der Waals surface area contributed by atoms with E-state index >= 15 is 0 Å². The number of aromatic amines is 1. The third-order valence-corrected chi connectivity index (χ3v) is 3.91. The van der Waals surface area contributed by atoms with Crippen LogP contribution in [0.2, 0.25) is 0 Å². The van der Waals surface area contributed by atoms with E-state index in [4.69, 9.17) is 18.0 Å². The summed E-state index contributed by atoms with van der Waals surface area (Å²) in [5.41, 5.74) is 5.01. The molecular formula is C11H13N3O2S2. The van der Waals surface area contributed by atoms with Crippen LogP contribution >= 0.6 is 23.6 Å². The normalized spacial score (nSPS) is 11.9. The Morgan fingerprint density at radius 3 is 2.89 bits per heavy atom. The van der Waals surface area contributed by atoms with Gasteiger partial charge in [-0.1, -0.05) is 0 Å². The van der Waals surface area contributed by atoms with Crippen molar-refractivity contribution in [1.82, 2.24) is 9.55 Å². The van der Waals surface area contributed by atoms with Crippen LogP contribution in [0.3, 0.4) is 0 Å². The van der Waals surface area contributed by atoms with E-state index in [2.05, 4.69) is 4.98 Å². The molecule has 0 fully saturated rings. The fraction of sp³-hybridized carbons (Fsp3) is 0.364. The lowest BCUT2D eigenvalue weighted by molar-refractivity contribution is -0.119. The molecule has 5 nitrogen and oxygen atoms in total. The number of carbonyl (C=O) groups excluding carboxylic acids is 1. The molecule has 2 heterocycles. The summed E-state index contributed by atoms with van der Waals surface area (Å²) >= 11 is 6.54. The van der Waals surface area contributed by atoms with Crippen molar-refractivity contribution in [3.63, 3.8) is 0 Å². The van der Waals surface area contributed by atoms with Crippen molar-refractivity contribution < 1.29 is 4.79 Å². The fourth-order valence-corrected chi connectivity index (χ4v) is 3.21. The number of nitrogens with two attached hydrogens (primary N) is 1. The summed E-state index contributed by atoms with van der Waals surface area (Å²) in [7, 11) is 0. The summed E-state index contributed by atoms with van der Waals surface area (Å²) in [6, 6.07) is 1.81. The molecule has 0 aliphatic rings. The number of amides is 1. The molecule has 3 N–H and O–H groups in total. The van der Waals surface area contributed by atoms with Crippen LogP contribution in [0.15, 0.2) is 16.2 Å². The average molecular weight is 283 g/mol. The highest BCUT2D eigenvalue weighted by Gasteiger charge is 2.26. The van der Waals surface area contributed by atoms with Gasteiger partial charge in [0.15, 0.2) is 4.77 Å². The van der Waals surface area contributed by atoms with E-state index in [-0.39, 0.29) is 12.0 Å². The Labute approximate surface area is 112 Å². The van der Waals surface area contributed by atoms with Crippen LogP contribution in [0.4, 0.5) is 0 Å². The number of H-pyrrole nitrogens is 1. The molecular weight excluding hydrogens is 270 g/mol. The van der Waals surface area contributed by atoms with Crippen molar-refractivity contribution in [3.8, 4) is 0 Å². The lowest BCUT2D eigenvalue weighted by Crippen LogP contribution is -2.40. The number of hydrogen-bond acceptors (Lipinski definition) is 4. The van der Waals surface area contributed by atoms with Crippen LogP contribution in [0, 0.1) is 4.77 Å². The van der Waals surface area contributed by atoms with Gasteiger partial charge in [0.05, 0.1) is 11.1 Å². The van der Waals surface area contributed by atoms with Gasteiger partial charge in [0.2, 0.25) is 5.91 Å². The number of primary amides is 1. The Kier molecular flexibility index (Phi) is 3.12. The Hall–Kier alpha value is -1.47. The van der Waals surface area contributed by atoms with Crippen LogP contribution in [0.5, 0.6) is 0 Å². The van der Waals surface area contributed by atoms with E-state index < -0.39 is 11.4 Å². The summed E-state index contributed by atoms with van der Waals surface area (Å²) in [6.07, 6.45) is 0.0568. The van der Waals surface area contributed by atoms with Crippen LogP contribution in [0.1, 0.15) is 20.3 Å². The number of thiophene rings is 1. The quantitative estimate of drug-likeness (QED) is 0.842. The van der Waals surface area contributed by atoms with Gasteiger partial charge in [-0.25, -0.2) is 0 Å². The minimum absolute atomic E-state index is 0.0568. The monoisotopic (exact) mass is 283 g/mol. The smallest absolute Gasteiger partial charge is 0.272 e. The number of fused-ring (bicyclic) bond motifs is 1. The molecule has 1 amide bonds. The molecule has 2 rings (SSSR count). The Morgan fingerprint density at radius 2 is 2.28 bits per heavy atom. The van der Waals surface area contributed by atoms with Gasteiger partial charge in [-0.3, -0.25) is 14.2 Å². The third kappa shape index (κ3) is 2.11. The van der Waals surface area contributed by atoms with Gasteiger partial charge in [-0.15, -0.1) is 11.3 Å². The van der Waals surface area contributed by atoms with Crippen molar-refractivity contribution in [2.75, 3.05) is 0 Å². The second-order valence-electron chi connectivity index (χ2n) is 4.69. The molecule has 0 atom stereocenters. The number of nitrogens with zero attached hydrogens (tertiary/aromatic N) is 1. The predicted molar refractivity (Wildman–Crippen MR) is 74.4 cm³/mol. The molecule has 18 heavy (non-hydrogen) atoms. The van der Waals surface area contributed by atoms with E-state index in [1.54, 1.807) is 13.8 Å². The number of carbonyl (C=O) groups is 1. The Morgan fingerprint density at radius 1 is 1.61 bits per heavy atom. The first-order valence-corrected chi connectivity index (χ1v) is 6.63. The maximum atomic E-state index is 12.4. The number of hydrogen-bond donors (Lipinski definition) is 2. The molecule has 0 bridgehead atoms. The predicted octanol–water partition coefficient (Wildman–Crippen LogP) is 1.73. The van der Waals surface area contributed by atoms with Gasteiger partial charge in [0.1, 0.15) is 4.70 Å². The minimum Gasteiger partial charge on any atom is -0.370 e. The molecule has 96 valence electrons. The largest absolute Gasteiger partial charge is 0.370 e. The highest BCUT2D eigenvalue weighted by atomic mass is 32.1. The zero-order valence-electron chi connectivity index (χ0n) is 10.0. The fourth-order valence-electron chi connectivity index (χ4n) is 1.99. The molecule has 0 unspecified atom stereocenters. The van der Waals surface area contributed by atoms with Crippen molar-refractivity contribution in [1.29, 1.82) is 0 Å². The summed E-state index contributed by atoms with van der Waals surface area (Å²) in [5.74, 6) is -0.465. The molecule has 7 heteroatoms. The second-order valence-corrected chi connectivity index (χ2v) is 5.99. The summed E-state index contributed by atoms with van der Waals surface area (Å²) in [5, 5.41) is 1.82. The number of rotatable bonds is 3. The van der Waals surface area contributed by atoms with Gasteiger partial charge in [-0.2, -0.15) is 0 Å². The van der Waals surface area contributed by atoms with Gasteiger partial charge in [0.25, 0.3) is 5.56 Å². The van der Waals surface area contributed by atoms with Crippen LogP contribution < -0.4 is 11.3 Å². The van der Waals surface area contributed by atoms with Crippen LogP contribution in [-0.2, 0) is 10.3 Å². The van der Waals surface area contributed by atoms with Gasteiger partial charge >= 0.3 is 0 Å². The number of aromatic nitrogens is 2. The van der Waals surface area contributed by atoms with Crippen LogP contribution in [0.25, 0.3) is 10.2 Å². The lowest BCUT2D eigenvalue weighted by Gasteiger charge is -2.25. The zero-order valence-corrected chi connectivity index (χ0v) is 11.7. The van der Waals surface area contributed by atoms with Crippen molar-refractivity contribution in [3.05, 3.63) is 26.6 Å². The summed E-state index contributed by atoms with van der Waals surface area (Å²) in [6.45, 7) is 3.53. The average Bonchev–Trinajstić information content (AvgIpc) is 2.62. The number of nitrogens with one attached hydrogen (secondary N) is 1. The molecule has 0 saturated heterocycles. The van der Waals surface area contributed by atoms with E-state index in [9.17, 15) is 9.59 Å². The molecule has 0 aliphatic carbocycles. The zero-order chi connectivity index (χ0) is 13.5. The van der Waals surface area contributed by atoms with E-state index in [0.29, 0.717) is 9.47 Å². The third-order valence-electron chi connectivity index (χ3n) is 2.72. The Balaban J connectivity index is 2.74. The standard InChI is InChI=1S/C11H13N3O2S2/c1-11(2,5-7(12)15)14-9(16)8-6(3-4-18-8)13-10(14)17/h3-4H,5H2,1-2H3,(H2,12,15)(H,13,17). The van der Waals surface area contributed by atoms with E-state index in [1.807, 2.05) is 11.4 Å². The highest BCUT2D eigenvalue weighted by Crippen LogP contribution is 2.21. The molecule has 0 saturated carbocycles. The molecule has 2 aromatic heterocycles. The first-order valence-electron chi connectivity index (χ1n) is 5.34. The van der Waals surface area contributed by atoms with Gasteiger partial charge < -0.3 is 10.7 Å². The molecule has 0 radical (unpaired) electrons. The summed E-state index contributed by atoms with van der Waals surface area (Å²) in [4.78, 5) is 26.5. The van der Waals surface area contributed by atoms with Crippen molar-refractivity contribution >= 4 is 39.7 Å². The molecule has 2 aromatic rings. The molecule has 0 spiro atoms. The SMILES string of the molecule is CC(C)(CC(N)=O)n1c(=S)[nH]c2ccsc2c1=O. The first-order chi connectivity index (χ1) is 8.33. The van der Waals surface area contributed by atoms with E-state index in [1.165, 1.54) is 15.9 Å². The van der Waals surface area contributed by atoms with Gasteiger partial charge in [0, 0.05) is 6.42 Å². The van der Waals surface area contributed by atoms with Gasteiger partial charge in [-0.05, 0) is 37.5 Å². The van der Waals surface area contributed by atoms with E-state index in [0.717, 1.165) is 5.52 Å². The second kappa shape index (κ2) is 4.33. The topological polar surface area (TPSA) is 80.9 Å². The maximum absolute atomic E-state index is 12.4. The van der Waals surface area contributed by atoms with Crippen molar-refractivity contribution in [2.24, 2.45) is 5.73 Å². The lowest BCUT2D eigenvalue weighted by atomic mass is 10.00. The Bertz CT molecular complexity index is 724. The maximum Gasteiger partial charge on any atom is 0.272 e. The molecule has 0 aromatic carbocycles. The molecule has 0 aliphatic heterocycles. The highest BCUT2D eigenvalue weighted by molar-refractivity contribution is 7.71. The summed E-state index contributed by atoms with van der Waals surface area (Å²) < 4.78 is 2.32. The van der Waals surface area contributed by atoms with Crippen molar-refractivity contribution in [2.45, 2.75) is 25.8 Å².